The molecule has 2 rings (SSSR count). The van der Waals surface area contributed by atoms with E-state index < -0.39 is 0 Å². The van der Waals surface area contributed by atoms with Crippen LogP contribution in [0.3, 0.4) is 0 Å². The number of nitrogens with zero attached hydrogens (tertiary/aromatic N) is 1. The van der Waals surface area contributed by atoms with Gasteiger partial charge in [0.25, 0.3) is 5.91 Å². The van der Waals surface area contributed by atoms with Crippen LogP contribution in [0.2, 0.25) is 0 Å². The van der Waals surface area contributed by atoms with Crippen molar-refractivity contribution in [3.63, 3.8) is 0 Å². The van der Waals surface area contributed by atoms with Crippen LogP contribution in [-0.2, 0) is 0 Å². The van der Waals surface area contributed by atoms with Gasteiger partial charge < -0.3 is 19.5 Å². The molecule has 0 bridgehead atoms. The first-order valence-corrected chi connectivity index (χ1v) is 6.74. The van der Waals surface area contributed by atoms with Crippen molar-refractivity contribution in [2.24, 2.45) is 0 Å². The predicted octanol–water partition coefficient (Wildman–Crippen LogP) is 2.84. The molecule has 0 aliphatic heterocycles. The molecule has 0 atom stereocenters. The van der Waals surface area contributed by atoms with Crippen LogP contribution in [0.5, 0.6) is 17.2 Å². The second-order valence-electron chi connectivity index (χ2n) is 4.56. The number of methoxy groups -OCH3 is 3. The smallest absolute Gasteiger partial charge is 0.255 e. The van der Waals surface area contributed by atoms with Gasteiger partial charge in [0.15, 0.2) is 11.5 Å². The molecule has 0 spiro atoms. The van der Waals surface area contributed by atoms with Crippen molar-refractivity contribution in [1.29, 1.82) is 5.26 Å². The number of benzene rings is 2. The number of carbonyl (C=O) groups excluding carboxylic acids is 1. The highest BCUT2D eigenvalue weighted by atomic mass is 16.5. The summed E-state index contributed by atoms with van der Waals surface area (Å²) < 4.78 is 15.7. The molecule has 23 heavy (non-hydrogen) atoms. The van der Waals surface area contributed by atoms with E-state index in [1.54, 1.807) is 36.4 Å². The van der Waals surface area contributed by atoms with Crippen molar-refractivity contribution < 1.29 is 19.0 Å². The Hall–Kier alpha value is -3.20. The average Bonchev–Trinajstić information content (AvgIpc) is 2.60. The normalized spacial score (nSPS) is 9.65. The summed E-state index contributed by atoms with van der Waals surface area (Å²) in [6.07, 6.45) is 0. The molecule has 0 radical (unpaired) electrons. The van der Waals surface area contributed by atoms with Crippen molar-refractivity contribution in [3.05, 3.63) is 47.5 Å². The Balaban J connectivity index is 2.33. The van der Waals surface area contributed by atoms with Crippen LogP contribution >= 0.6 is 0 Å². The largest absolute Gasteiger partial charge is 0.493 e. The Kier molecular flexibility index (Phi) is 5.05. The fourth-order valence-corrected chi connectivity index (χ4v) is 2.08. The molecule has 0 saturated heterocycles. The first kappa shape index (κ1) is 16.2. The molecule has 118 valence electrons. The molecule has 0 aromatic heterocycles. The Morgan fingerprint density at radius 2 is 1.70 bits per heavy atom. The lowest BCUT2D eigenvalue weighted by molar-refractivity contribution is 0.102. The molecule has 0 heterocycles. The van der Waals surface area contributed by atoms with Crippen LogP contribution in [0, 0.1) is 11.3 Å². The van der Waals surface area contributed by atoms with E-state index in [1.807, 2.05) is 6.07 Å². The maximum Gasteiger partial charge on any atom is 0.255 e. The van der Waals surface area contributed by atoms with Crippen molar-refractivity contribution in [2.75, 3.05) is 26.6 Å². The van der Waals surface area contributed by atoms with E-state index in [2.05, 4.69) is 5.32 Å². The number of anilines is 1. The summed E-state index contributed by atoms with van der Waals surface area (Å²) in [5.41, 5.74) is 1.34. The number of rotatable bonds is 5. The summed E-state index contributed by atoms with van der Waals surface area (Å²) >= 11 is 0. The molecule has 0 unspecified atom stereocenters. The molecule has 0 aliphatic rings. The highest BCUT2D eigenvalue weighted by Gasteiger charge is 2.17. The molecule has 1 N–H and O–H groups in total. The molecule has 0 saturated carbocycles. The average molecular weight is 312 g/mol. The zero-order valence-corrected chi connectivity index (χ0v) is 13.0. The number of nitrogens with one attached hydrogen (secondary N) is 1. The van der Waals surface area contributed by atoms with E-state index in [1.165, 1.54) is 21.3 Å². The van der Waals surface area contributed by atoms with Gasteiger partial charge in [0.2, 0.25) is 5.75 Å². The lowest BCUT2D eigenvalue weighted by atomic mass is 10.1. The van der Waals surface area contributed by atoms with Gasteiger partial charge in [0, 0.05) is 11.3 Å². The van der Waals surface area contributed by atoms with Gasteiger partial charge in [-0.15, -0.1) is 0 Å². The van der Waals surface area contributed by atoms with Gasteiger partial charge in [-0.25, -0.2) is 0 Å². The standard InChI is InChI=1S/C17H16N2O4/c1-21-14-8-12(9-15(22-2)16(14)23-3)17(20)19-13-6-4-5-11(7-13)10-18/h4-9H,1-3H3,(H,19,20). The molecule has 2 aromatic carbocycles. The van der Waals surface area contributed by atoms with Crippen LogP contribution in [0.1, 0.15) is 15.9 Å². The van der Waals surface area contributed by atoms with E-state index in [9.17, 15) is 4.79 Å². The molecule has 0 aliphatic carbocycles. The maximum atomic E-state index is 12.4. The van der Waals surface area contributed by atoms with Gasteiger partial charge in [0.1, 0.15) is 0 Å². The van der Waals surface area contributed by atoms with Gasteiger partial charge in [-0.1, -0.05) is 6.07 Å². The minimum Gasteiger partial charge on any atom is -0.493 e. The van der Waals surface area contributed by atoms with E-state index in [-0.39, 0.29) is 5.91 Å². The quantitative estimate of drug-likeness (QED) is 0.918. The highest BCUT2D eigenvalue weighted by Crippen LogP contribution is 2.38. The topological polar surface area (TPSA) is 80.6 Å². The SMILES string of the molecule is COc1cc(C(=O)Nc2cccc(C#N)c2)cc(OC)c1OC. The Morgan fingerprint density at radius 1 is 1.04 bits per heavy atom. The zero-order valence-electron chi connectivity index (χ0n) is 13.0. The summed E-state index contributed by atoms with van der Waals surface area (Å²) in [7, 11) is 4.46. The monoisotopic (exact) mass is 312 g/mol. The second-order valence-corrected chi connectivity index (χ2v) is 4.56. The van der Waals surface area contributed by atoms with Gasteiger partial charge in [-0.05, 0) is 30.3 Å². The van der Waals surface area contributed by atoms with E-state index >= 15 is 0 Å². The second kappa shape index (κ2) is 7.18. The van der Waals surface area contributed by atoms with Crippen LogP contribution in [0.4, 0.5) is 5.69 Å². The summed E-state index contributed by atoms with van der Waals surface area (Å²) in [6.45, 7) is 0. The van der Waals surface area contributed by atoms with Gasteiger partial charge >= 0.3 is 0 Å². The van der Waals surface area contributed by atoms with Crippen LogP contribution in [0.25, 0.3) is 0 Å². The first-order valence-electron chi connectivity index (χ1n) is 6.74. The van der Waals surface area contributed by atoms with E-state index in [0.717, 1.165) is 0 Å². The van der Waals surface area contributed by atoms with Gasteiger partial charge in [0.05, 0.1) is 33.0 Å². The number of amides is 1. The van der Waals surface area contributed by atoms with Gasteiger partial charge in [-0.3, -0.25) is 4.79 Å². The highest BCUT2D eigenvalue weighted by molar-refractivity contribution is 6.05. The summed E-state index contributed by atoms with van der Waals surface area (Å²) in [5, 5.41) is 11.6. The maximum absolute atomic E-state index is 12.4. The van der Waals surface area contributed by atoms with Crippen molar-refractivity contribution in [3.8, 4) is 23.3 Å². The summed E-state index contributed by atoms with van der Waals surface area (Å²) in [5.74, 6) is 0.850. The molecule has 2 aromatic rings. The number of hydrogen-bond acceptors (Lipinski definition) is 5. The number of ether oxygens (including phenoxy) is 3. The first-order chi connectivity index (χ1) is 11.1. The van der Waals surface area contributed by atoms with Crippen molar-refractivity contribution in [1.82, 2.24) is 0 Å². The number of nitriles is 1. The van der Waals surface area contributed by atoms with Crippen molar-refractivity contribution in [2.45, 2.75) is 0 Å². The molecular formula is C17H16N2O4. The Morgan fingerprint density at radius 3 is 2.22 bits per heavy atom. The fraction of sp³-hybridized carbons (Fsp3) is 0.176. The third-order valence-corrected chi connectivity index (χ3v) is 3.18. The lowest BCUT2D eigenvalue weighted by Gasteiger charge is -2.14. The van der Waals surface area contributed by atoms with Gasteiger partial charge in [-0.2, -0.15) is 5.26 Å². The molecule has 6 nitrogen and oxygen atoms in total. The molecule has 1 amide bonds. The lowest BCUT2D eigenvalue weighted by Crippen LogP contribution is -2.12. The van der Waals surface area contributed by atoms with Crippen LogP contribution in [-0.4, -0.2) is 27.2 Å². The number of carbonyl (C=O) groups is 1. The molecule has 6 heteroatoms. The molecular weight excluding hydrogens is 296 g/mol. The zero-order chi connectivity index (χ0) is 16.8. The fourth-order valence-electron chi connectivity index (χ4n) is 2.08. The van der Waals surface area contributed by atoms with Crippen LogP contribution < -0.4 is 19.5 Å². The van der Waals surface area contributed by atoms with Crippen LogP contribution in [0.15, 0.2) is 36.4 Å². The predicted molar refractivity (Wildman–Crippen MR) is 85.2 cm³/mol. The van der Waals surface area contributed by atoms with Crippen molar-refractivity contribution >= 4 is 11.6 Å². The minimum atomic E-state index is -0.348. The van der Waals surface area contributed by atoms with E-state index in [4.69, 9.17) is 19.5 Å². The number of hydrogen-bond donors (Lipinski definition) is 1. The third kappa shape index (κ3) is 3.52. The Labute approximate surface area is 134 Å². The Bertz CT molecular complexity index is 740. The summed E-state index contributed by atoms with van der Waals surface area (Å²) in [4.78, 5) is 12.4. The third-order valence-electron chi connectivity index (χ3n) is 3.18. The summed E-state index contributed by atoms with van der Waals surface area (Å²) in [6, 6.07) is 11.8. The van der Waals surface area contributed by atoms with E-state index in [0.29, 0.717) is 34.1 Å². The minimum absolute atomic E-state index is 0.348. The molecule has 0 fully saturated rings.